The van der Waals surface area contributed by atoms with Crippen LogP contribution in [0.25, 0.3) is 0 Å². The van der Waals surface area contributed by atoms with Gasteiger partial charge in [-0.25, -0.2) is 18.5 Å². The van der Waals surface area contributed by atoms with E-state index in [2.05, 4.69) is 30.0 Å². The van der Waals surface area contributed by atoms with Gasteiger partial charge in [0.15, 0.2) is 0 Å². The van der Waals surface area contributed by atoms with Crippen molar-refractivity contribution < 1.29 is 51.2 Å². The van der Waals surface area contributed by atoms with Crippen molar-refractivity contribution in [3.63, 3.8) is 0 Å². The van der Waals surface area contributed by atoms with Gasteiger partial charge in [-0.1, -0.05) is 11.8 Å². The van der Waals surface area contributed by atoms with Crippen LogP contribution >= 0.6 is 23.5 Å². The van der Waals surface area contributed by atoms with Crippen LogP contribution in [0.5, 0.6) is 0 Å². The molecule has 1 fully saturated rings. The number of nitrogens with one attached hydrogen (secondary N) is 1. The van der Waals surface area contributed by atoms with Gasteiger partial charge in [0.1, 0.15) is 11.8 Å². The normalized spacial score (nSPS) is 22.9. The summed E-state index contributed by atoms with van der Waals surface area (Å²) in [6.45, 7) is -0.667. The molecule has 19 heteroatoms. The quantitative estimate of drug-likeness (QED) is 0.181. The van der Waals surface area contributed by atoms with Crippen molar-refractivity contribution in [2.45, 2.75) is 25.2 Å². The monoisotopic (exact) mass is 505 g/mol. The minimum absolute atomic E-state index is 0.0127. The molecule has 1 aromatic rings. The molecule has 2 unspecified atom stereocenters. The van der Waals surface area contributed by atoms with Gasteiger partial charge in [-0.05, 0) is 12.8 Å². The van der Waals surface area contributed by atoms with Crippen LogP contribution in [-0.4, -0.2) is 48.4 Å². The Morgan fingerprint density at radius 2 is 1.84 bits per heavy atom. The van der Waals surface area contributed by atoms with Crippen LogP contribution in [0.4, 0.5) is 0 Å². The first kappa shape index (κ1) is 25.8. The Hall–Kier alpha value is -1.43. The zero-order chi connectivity index (χ0) is 23.4. The summed E-state index contributed by atoms with van der Waals surface area (Å²) in [5, 5.41) is 0. The lowest BCUT2D eigenvalue weighted by atomic mass is 10.2. The van der Waals surface area contributed by atoms with Crippen LogP contribution in [0.1, 0.15) is 24.6 Å². The predicted molar refractivity (Wildman–Crippen MR) is 100 cm³/mol. The van der Waals surface area contributed by atoms with Gasteiger partial charge in [-0.2, -0.15) is 8.62 Å². The SMILES string of the molecule is NCC#Cc1cn([C@H]2CC[C@@H](COP(=O)(O)OP(=O)(O)OP(=O)(O)O)O2)c(=O)[nH]c1=O. The lowest BCUT2D eigenvalue weighted by Crippen LogP contribution is -2.33. The van der Waals surface area contributed by atoms with E-state index < -0.39 is 53.7 Å². The molecular weight excluding hydrogens is 487 g/mol. The molecule has 174 valence electrons. The number of nitrogens with two attached hydrogens (primary N) is 1. The summed E-state index contributed by atoms with van der Waals surface area (Å²) in [6, 6.07) is 0. The van der Waals surface area contributed by atoms with Crippen molar-refractivity contribution in [2.75, 3.05) is 13.2 Å². The van der Waals surface area contributed by atoms with Gasteiger partial charge in [-0.15, -0.1) is 0 Å². The van der Waals surface area contributed by atoms with Crippen molar-refractivity contribution >= 4 is 23.5 Å². The summed E-state index contributed by atoms with van der Waals surface area (Å²) in [7, 11) is -16.4. The van der Waals surface area contributed by atoms with E-state index in [1.165, 1.54) is 6.20 Å². The molecule has 0 bridgehead atoms. The molecule has 4 atom stereocenters. The highest BCUT2D eigenvalue weighted by atomic mass is 31.3. The molecule has 1 aliphatic heterocycles. The van der Waals surface area contributed by atoms with Crippen molar-refractivity contribution in [2.24, 2.45) is 5.73 Å². The average Bonchev–Trinajstić information content (AvgIpc) is 3.05. The lowest BCUT2D eigenvalue weighted by molar-refractivity contribution is -0.0243. The zero-order valence-corrected chi connectivity index (χ0v) is 18.1. The summed E-state index contributed by atoms with van der Waals surface area (Å²) < 4.78 is 51.8. The average molecular weight is 505 g/mol. The molecule has 0 aliphatic carbocycles. The molecule has 2 rings (SSSR count). The number of phosphoric ester groups is 1. The third kappa shape index (κ3) is 8.21. The second-order valence-corrected chi connectivity index (χ2v) is 10.3. The Labute approximate surface area is 173 Å². The maximum absolute atomic E-state index is 12.0. The molecule has 1 aromatic heterocycles. The number of ether oxygens (including phenoxy) is 1. The van der Waals surface area contributed by atoms with Crippen molar-refractivity contribution in [3.8, 4) is 11.8 Å². The first-order valence-corrected chi connectivity index (χ1v) is 12.7. The Morgan fingerprint density at radius 1 is 1.16 bits per heavy atom. The van der Waals surface area contributed by atoms with E-state index in [9.17, 15) is 28.2 Å². The molecule has 1 aliphatic rings. The summed E-state index contributed by atoms with van der Waals surface area (Å²) >= 11 is 0. The highest BCUT2D eigenvalue weighted by Gasteiger charge is 2.41. The van der Waals surface area contributed by atoms with Gasteiger partial charge >= 0.3 is 29.2 Å². The van der Waals surface area contributed by atoms with E-state index in [0.717, 1.165) is 4.57 Å². The number of hydrogen-bond donors (Lipinski definition) is 6. The van der Waals surface area contributed by atoms with Gasteiger partial charge in [0, 0.05) is 6.20 Å². The molecule has 16 nitrogen and oxygen atoms in total. The molecular formula is C12H18N3O13P3. The smallest absolute Gasteiger partial charge is 0.352 e. The van der Waals surface area contributed by atoms with E-state index >= 15 is 0 Å². The Kier molecular flexibility index (Phi) is 8.34. The molecule has 7 N–H and O–H groups in total. The van der Waals surface area contributed by atoms with Gasteiger partial charge < -0.3 is 30.0 Å². The van der Waals surface area contributed by atoms with Gasteiger partial charge in [0.25, 0.3) is 5.56 Å². The van der Waals surface area contributed by atoms with Crippen LogP contribution in [0, 0.1) is 11.8 Å². The first-order chi connectivity index (χ1) is 14.2. The summed E-state index contributed by atoms with van der Waals surface area (Å²) in [4.78, 5) is 61.3. The van der Waals surface area contributed by atoms with E-state index in [0.29, 0.717) is 0 Å². The Bertz CT molecular complexity index is 1130. The first-order valence-electron chi connectivity index (χ1n) is 8.19. The Morgan fingerprint density at radius 3 is 2.45 bits per heavy atom. The van der Waals surface area contributed by atoms with Gasteiger partial charge in [0.05, 0.1) is 19.3 Å². The highest BCUT2D eigenvalue weighted by Crippen LogP contribution is 2.66. The number of hydrogen-bond acceptors (Lipinski definition) is 10. The predicted octanol–water partition coefficient (Wildman–Crippen LogP) is -1.13. The van der Waals surface area contributed by atoms with E-state index in [1.807, 2.05) is 0 Å². The molecule has 0 spiro atoms. The van der Waals surface area contributed by atoms with E-state index in [-0.39, 0.29) is 24.9 Å². The molecule has 1 saturated heterocycles. The van der Waals surface area contributed by atoms with Crippen LogP contribution in [0.15, 0.2) is 15.8 Å². The number of H-pyrrole nitrogens is 1. The maximum Gasteiger partial charge on any atom is 0.490 e. The molecule has 0 radical (unpaired) electrons. The second kappa shape index (κ2) is 10.0. The number of nitrogens with zero attached hydrogens (tertiary/aromatic N) is 1. The van der Waals surface area contributed by atoms with Crippen LogP contribution in [-0.2, 0) is 31.6 Å². The fourth-order valence-corrected chi connectivity index (χ4v) is 5.48. The van der Waals surface area contributed by atoms with Crippen molar-refractivity contribution in [1.82, 2.24) is 9.55 Å². The van der Waals surface area contributed by atoms with Crippen molar-refractivity contribution in [1.29, 1.82) is 0 Å². The van der Waals surface area contributed by atoms with Crippen molar-refractivity contribution in [3.05, 3.63) is 32.6 Å². The Balaban J connectivity index is 2.02. The number of rotatable bonds is 8. The third-order valence-corrected chi connectivity index (χ3v) is 7.33. The molecule has 0 saturated carbocycles. The molecule has 0 aromatic carbocycles. The van der Waals surface area contributed by atoms with E-state index in [4.69, 9.17) is 25.2 Å². The minimum Gasteiger partial charge on any atom is -0.352 e. The maximum atomic E-state index is 12.0. The molecule has 31 heavy (non-hydrogen) atoms. The minimum atomic E-state index is -5.63. The standard InChI is InChI=1S/C12H18N3O13P3/c13-5-1-2-8-6-15(12(17)14-11(8)16)10-4-3-9(26-10)7-25-30(21,22)28-31(23,24)27-29(18,19)20/h6,9-10H,3-5,7,13H2,(H,21,22)(H,23,24)(H,14,16,17)(H2,18,19,20)/t9-,10+/m0/s1. The fraction of sp³-hybridized carbons (Fsp3) is 0.500. The van der Waals surface area contributed by atoms with Gasteiger partial charge in [0.2, 0.25) is 0 Å². The van der Waals surface area contributed by atoms with E-state index in [1.54, 1.807) is 0 Å². The summed E-state index contributed by atoms with van der Waals surface area (Å²) in [5.41, 5.74) is 3.70. The second-order valence-electron chi connectivity index (χ2n) is 5.89. The zero-order valence-electron chi connectivity index (χ0n) is 15.4. The summed E-state index contributed by atoms with van der Waals surface area (Å²) in [5.74, 6) is 4.96. The van der Waals surface area contributed by atoms with Crippen LogP contribution < -0.4 is 17.0 Å². The molecule has 0 amide bonds. The van der Waals surface area contributed by atoms with Crippen LogP contribution in [0.3, 0.4) is 0 Å². The number of aromatic nitrogens is 2. The topological polar surface area (TPSA) is 250 Å². The van der Waals surface area contributed by atoms with Crippen LogP contribution in [0.2, 0.25) is 0 Å². The molecule has 2 heterocycles. The highest BCUT2D eigenvalue weighted by molar-refractivity contribution is 7.66. The van der Waals surface area contributed by atoms with Gasteiger partial charge in [-0.3, -0.25) is 18.9 Å². The number of aromatic amines is 1. The lowest BCUT2D eigenvalue weighted by Gasteiger charge is -2.19. The largest absolute Gasteiger partial charge is 0.490 e. The third-order valence-electron chi connectivity index (χ3n) is 3.53. The number of phosphoric acid groups is 3. The fourth-order valence-electron chi connectivity index (χ4n) is 2.43. The summed E-state index contributed by atoms with van der Waals surface area (Å²) in [6.07, 6.45) is -0.181.